The summed E-state index contributed by atoms with van der Waals surface area (Å²) in [6.07, 6.45) is 5.08. The maximum absolute atomic E-state index is 6.31. The minimum absolute atomic E-state index is 0.215. The third kappa shape index (κ3) is 4.50. The normalized spacial score (nSPS) is 17.8. The summed E-state index contributed by atoms with van der Waals surface area (Å²) in [7, 11) is 1.63. The minimum atomic E-state index is 0.215. The van der Waals surface area contributed by atoms with E-state index in [1.165, 1.54) is 25.7 Å². The quantitative estimate of drug-likeness (QED) is 0.561. The molecule has 1 aromatic rings. The fourth-order valence-corrected chi connectivity index (χ4v) is 2.45. The van der Waals surface area contributed by atoms with Gasteiger partial charge in [0.05, 0.1) is 18.7 Å². The van der Waals surface area contributed by atoms with Gasteiger partial charge in [0, 0.05) is 12.6 Å². The van der Waals surface area contributed by atoms with Gasteiger partial charge >= 0.3 is 0 Å². The first-order chi connectivity index (χ1) is 10.3. The van der Waals surface area contributed by atoms with Crippen LogP contribution < -0.4 is 14.8 Å². The molecule has 0 aliphatic heterocycles. The van der Waals surface area contributed by atoms with Gasteiger partial charge in [-0.25, -0.2) is 0 Å². The SMILES string of the molecule is COc1cc(CNC2CC2)cc(Cl)c1OCOCC1CC1. The second-order valence-corrected chi connectivity index (χ2v) is 6.25. The molecule has 4 nitrogen and oxygen atoms in total. The number of halogens is 1. The zero-order valence-corrected chi connectivity index (χ0v) is 13.1. The van der Waals surface area contributed by atoms with Gasteiger partial charge in [-0.1, -0.05) is 11.6 Å². The molecule has 1 aromatic carbocycles. The predicted octanol–water partition coefficient (Wildman–Crippen LogP) is 3.36. The highest BCUT2D eigenvalue weighted by atomic mass is 35.5. The summed E-state index contributed by atoms with van der Waals surface area (Å²) in [4.78, 5) is 0. The Morgan fingerprint density at radius 2 is 2.05 bits per heavy atom. The van der Waals surface area contributed by atoms with Gasteiger partial charge in [0.1, 0.15) is 0 Å². The van der Waals surface area contributed by atoms with E-state index in [2.05, 4.69) is 5.32 Å². The standard InChI is InChI=1S/C16H22ClNO3/c1-19-15-7-12(8-18-13-4-5-13)6-14(17)16(15)21-10-20-9-11-2-3-11/h6-7,11,13,18H,2-5,8-10H2,1H3. The summed E-state index contributed by atoms with van der Waals surface area (Å²) in [6.45, 7) is 1.79. The van der Waals surface area contributed by atoms with Crippen molar-refractivity contribution in [3.05, 3.63) is 22.7 Å². The summed E-state index contributed by atoms with van der Waals surface area (Å²) < 4.78 is 16.5. The molecule has 0 amide bonds. The number of nitrogens with one attached hydrogen (secondary N) is 1. The Bertz CT molecular complexity index is 487. The van der Waals surface area contributed by atoms with Crippen LogP contribution in [-0.2, 0) is 11.3 Å². The van der Waals surface area contributed by atoms with E-state index in [1.54, 1.807) is 7.11 Å². The molecule has 2 aliphatic carbocycles. The summed E-state index contributed by atoms with van der Waals surface area (Å²) in [5.74, 6) is 1.94. The molecular weight excluding hydrogens is 290 g/mol. The lowest BCUT2D eigenvalue weighted by atomic mass is 10.2. The Kier molecular flexibility index (Phi) is 4.88. The monoisotopic (exact) mass is 311 g/mol. The van der Waals surface area contributed by atoms with Gasteiger partial charge in [-0.3, -0.25) is 0 Å². The molecule has 2 saturated carbocycles. The van der Waals surface area contributed by atoms with Crippen LogP contribution in [-0.4, -0.2) is 26.6 Å². The molecule has 0 atom stereocenters. The van der Waals surface area contributed by atoms with E-state index in [-0.39, 0.29) is 6.79 Å². The van der Waals surface area contributed by atoms with Crippen LogP contribution in [0.5, 0.6) is 11.5 Å². The van der Waals surface area contributed by atoms with Gasteiger partial charge in [-0.15, -0.1) is 0 Å². The van der Waals surface area contributed by atoms with Crippen LogP contribution in [0.2, 0.25) is 5.02 Å². The smallest absolute Gasteiger partial charge is 0.189 e. The van der Waals surface area contributed by atoms with Crippen LogP contribution in [0.25, 0.3) is 0 Å². The summed E-state index contributed by atoms with van der Waals surface area (Å²) in [6, 6.07) is 4.56. The maximum Gasteiger partial charge on any atom is 0.189 e. The molecule has 2 fully saturated rings. The lowest BCUT2D eigenvalue weighted by Crippen LogP contribution is -2.15. The van der Waals surface area contributed by atoms with E-state index in [4.69, 9.17) is 25.8 Å². The van der Waals surface area contributed by atoms with E-state index in [0.717, 1.165) is 24.6 Å². The second kappa shape index (κ2) is 6.86. The Balaban J connectivity index is 1.57. The Morgan fingerprint density at radius 3 is 2.71 bits per heavy atom. The van der Waals surface area contributed by atoms with Gasteiger partial charge < -0.3 is 19.5 Å². The van der Waals surface area contributed by atoms with Crippen molar-refractivity contribution in [2.24, 2.45) is 5.92 Å². The number of benzene rings is 1. The largest absolute Gasteiger partial charge is 0.493 e. The van der Waals surface area contributed by atoms with Crippen LogP contribution in [0, 0.1) is 5.92 Å². The van der Waals surface area contributed by atoms with Gasteiger partial charge in [0.2, 0.25) is 0 Å². The van der Waals surface area contributed by atoms with Gasteiger partial charge in [0.15, 0.2) is 18.3 Å². The topological polar surface area (TPSA) is 39.7 Å². The zero-order chi connectivity index (χ0) is 14.7. The fraction of sp³-hybridized carbons (Fsp3) is 0.625. The average molecular weight is 312 g/mol. The van der Waals surface area contributed by atoms with Crippen LogP contribution in [0.4, 0.5) is 0 Å². The molecule has 0 radical (unpaired) electrons. The molecule has 0 spiro atoms. The Hall–Kier alpha value is -0.970. The van der Waals surface area contributed by atoms with Crippen molar-refractivity contribution < 1.29 is 14.2 Å². The molecule has 21 heavy (non-hydrogen) atoms. The molecule has 0 unspecified atom stereocenters. The van der Waals surface area contributed by atoms with Crippen molar-refractivity contribution in [1.29, 1.82) is 0 Å². The number of rotatable bonds is 9. The van der Waals surface area contributed by atoms with E-state index in [0.29, 0.717) is 22.6 Å². The number of ether oxygens (including phenoxy) is 3. The number of methoxy groups -OCH3 is 1. The molecule has 116 valence electrons. The summed E-state index contributed by atoms with van der Waals surface area (Å²) in [5.41, 5.74) is 1.11. The van der Waals surface area contributed by atoms with Gasteiger partial charge in [-0.05, 0) is 49.3 Å². The highest BCUT2D eigenvalue weighted by molar-refractivity contribution is 6.32. The van der Waals surface area contributed by atoms with Gasteiger partial charge in [-0.2, -0.15) is 0 Å². The number of hydrogen-bond acceptors (Lipinski definition) is 4. The highest BCUT2D eigenvalue weighted by Gasteiger charge is 2.22. The van der Waals surface area contributed by atoms with Crippen molar-refractivity contribution in [2.45, 2.75) is 38.3 Å². The van der Waals surface area contributed by atoms with E-state index in [9.17, 15) is 0 Å². The Labute approximate surface area is 130 Å². The highest BCUT2D eigenvalue weighted by Crippen LogP contribution is 2.37. The van der Waals surface area contributed by atoms with Crippen molar-refractivity contribution in [1.82, 2.24) is 5.32 Å². The molecule has 5 heteroatoms. The number of hydrogen-bond donors (Lipinski definition) is 1. The lowest BCUT2D eigenvalue weighted by molar-refractivity contribution is 0.00870. The summed E-state index contributed by atoms with van der Waals surface area (Å²) in [5, 5.41) is 4.03. The summed E-state index contributed by atoms with van der Waals surface area (Å²) >= 11 is 6.31. The predicted molar refractivity (Wildman–Crippen MR) is 82.0 cm³/mol. The lowest BCUT2D eigenvalue weighted by Gasteiger charge is -2.14. The molecule has 3 rings (SSSR count). The van der Waals surface area contributed by atoms with Crippen molar-refractivity contribution in [2.75, 3.05) is 20.5 Å². The maximum atomic E-state index is 6.31. The third-order valence-corrected chi connectivity index (χ3v) is 4.08. The Morgan fingerprint density at radius 1 is 1.24 bits per heavy atom. The molecule has 1 N–H and O–H groups in total. The first-order valence-corrected chi connectivity index (χ1v) is 7.94. The average Bonchev–Trinajstić information content (AvgIpc) is 3.37. The minimum Gasteiger partial charge on any atom is -0.493 e. The molecular formula is C16H22ClNO3. The third-order valence-electron chi connectivity index (χ3n) is 3.80. The van der Waals surface area contributed by atoms with Crippen molar-refractivity contribution in [3.8, 4) is 11.5 Å². The van der Waals surface area contributed by atoms with Gasteiger partial charge in [0.25, 0.3) is 0 Å². The van der Waals surface area contributed by atoms with E-state index in [1.807, 2.05) is 12.1 Å². The molecule has 0 saturated heterocycles. The van der Waals surface area contributed by atoms with Crippen LogP contribution in [0.3, 0.4) is 0 Å². The van der Waals surface area contributed by atoms with Crippen LogP contribution in [0.15, 0.2) is 12.1 Å². The van der Waals surface area contributed by atoms with Crippen molar-refractivity contribution >= 4 is 11.6 Å². The zero-order valence-electron chi connectivity index (χ0n) is 12.4. The second-order valence-electron chi connectivity index (χ2n) is 5.84. The first kappa shape index (κ1) is 14.9. The molecule has 2 aliphatic rings. The molecule has 0 aromatic heterocycles. The van der Waals surface area contributed by atoms with Crippen molar-refractivity contribution in [3.63, 3.8) is 0 Å². The van der Waals surface area contributed by atoms with Crippen LogP contribution in [0.1, 0.15) is 31.2 Å². The van der Waals surface area contributed by atoms with E-state index >= 15 is 0 Å². The van der Waals surface area contributed by atoms with E-state index < -0.39 is 0 Å². The molecule has 0 bridgehead atoms. The first-order valence-electron chi connectivity index (χ1n) is 7.56. The molecule has 0 heterocycles. The fourth-order valence-electron chi connectivity index (χ4n) is 2.16. The van der Waals surface area contributed by atoms with Crippen LogP contribution >= 0.6 is 11.6 Å².